The number of aryl methyl sites for hydroxylation is 1. The van der Waals surface area contributed by atoms with Gasteiger partial charge in [0.2, 0.25) is 5.91 Å². The highest BCUT2D eigenvalue weighted by Crippen LogP contribution is 2.26. The van der Waals surface area contributed by atoms with Gasteiger partial charge in [0, 0.05) is 18.2 Å². The van der Waals surface area contributed by atoms with Crippen molar-refractivity contribution in [3.05, 3.63) is 63.1 Å². The number of furan rings is 1. The van der Waals surface area contributed by atoms with E-state index in [0.717, 1.165) is 5.76 Å². The number of carbonyl (C=O) groups excluding carboxylic acids is 1. The number of amides is 1. The van der Waals surface area contributed by atoms with E-state index < -0.39 is 10.8 Å². The maximum atomic E-state index is 11.8. The molecule has 1 aromatic carbocycles. The highest BCUT2D eigenvalue weighted by molar-refractivity contribution is 6.34. The van der Waals surface area contributed by atoms with Crippen molar-refractivity contribution in [1.82, 2.24) is 0 Å². The Bertz CT molecular complexity index is 722. The van der Waals surface area contributed by atoms with E-state index in [4.69, 9.17) is 16.0 Å². The monoisotopic (exact) mass is 306 g/mol. The summed E-state index contributed by atoms with van der Waals surface area (Å²) in [7, 11) is 0. The molecular weight excluding hydrogens is 296 g/mol. The van der Waals surface area contributed by atoms with Gasteiger partial charge in [0.1, 0.15) is 11.5 Å². The molecule has 0 saturated heterocycles. The highest BCUT2D eigenvalue weighted by Gasteiger charge is 2.11. The van der Waals surface area contributed by atoms with Crippen molar-refractivity contribution in [2.24, 2.45) is 0 Å². The number of hydrogen-bond donors (Lipinski definition) is 1. The number of carbonyl (C=O) groups is 1. The fraction of sp³-hybridized carbons (Fsp3) is 0.0714. The van der Waals surface area contributed by atoms with Gasteiger partial charge in [-0.1, -0.05) is 11.6 Å². The number of hydrogen-bond acceptors (Lipinski definition) is 4. The first kappa shape index (κ1) is 14.8. The molecule has 0 aliphatic rings. The van der Waals surface area contributed by atoms with Gasteiger partial charge >= 0.3 is 0 Å². The lowest BCUT2D eigenvalue weighted by Gasteiger charge is -2.04. The summed E-state index contributed by atoms with van der Waals surface area (Å²) < 4.78 is 5.28. The summed E-state index contributed by atoms with van der Waals surface area (Å²) in [6.07, 6.45) is 2.75. The zero-order chi connectivity index (χ0) is 15.4. The Labute approximate surface area is 125 Å². The lowest BCUT2D eigenvalue weighted by atomic mass is 10.2. The molecule has 2 rings (SSSR count). The number of non-ortho nitro benzene ring substituents is 1. The molecule has 21 heavy (non-hydrogen) atoms. The molecule has 0 spiro atoms. The van der Waals surface area contributed by atoms with Crippen LogP contribution < -0.4 is 5.32 Å². The molecule has 1 amide bonds. The topological polar surface area (TPSA) is 85.4 Å². The summed E-state index contributed by atoms with van der Waals surface area (Å²) in [6.45, 7) is 1.79. The molecule has 0 atom stereocenters. The van der Waals surface area contributed by atoms with Crippen molar-refractivity contribution in [3.8, 4) is 0 Å². The highest BCUT2D eigenvalue weighted by atomic mass is 35.5. The number of nitro benzene ring substituents is 1. The molecule has 0 aliphatic heterocycles. The fourth-order valence-electron chi connectivity index (χ4n) is 1.60. The summed E-state index contributed by atoms with van der Waals surface area (Å²) in [4.78, 5) is 21.9. The predicted octanol–water partition coefficient (Wildman–Crippen LogP) is 3.80. The zero-order valence-corrected chi connectivity index (χ0v) is 11.8. The second-order valence-electron chi connectivity index (χ2n) is 4.19. The average molecular weight is 307 g/mol. The third kappa shape index (κ3) is 3.93. The first-order valence-electron chi connectivity index (χ1n) is 5.95. The van der Waals surface area contributed by atoms with Crippen molar-refractivity contribution in [2.75, 3.05) is 5.32 Å². The van der Waals surface area contributed by atoms with Crippen LogP contribution in [0.4, 0.5) is 11.4 Å². The van der Waals surface area contributed by atoms with Gasteiger partial charge in [-0.2, -0.15) is 0 Å². The molecule has 0 radical (unpaired) electrons. The third-order valence-corrected chi connectivity index (χ3v) is 2.91. The molecular formula is C14H11ClN2O4. The van der Waals surface area contributed by atoms with E-state index in [1.165, 1.54) is 30.4 Å². The van der Waals surface area contributed by atoms with Crippen LogP contribution in [0.1, 0.15) is 11.5 Å². The van der Waals surface area contributed by atoms with Crippen LogP contribution in [0.3, 0.4) is 0 Å². The van der Waals surface area contributed by atoms with Crippen LogP contribution in [0.5, 0.6) is 0 Å². The van der Waals surface area contributed by atoms with Crippen molar-refractivity contribution < 1.29 is 14.1 Å². The van der Waals surface area contributed by atoms with E-state index in [1.807, 2.05) is 0 Å². The quantitative estimate of drug-likeness (QED) is 0.529. The van der Waals surface area contributed by atoms with Gasteiger partial charge in [-0.05, 0) is 31.2 Å². The first-order valence-corrected chi connectivity index (χ1v) is 6.33. The first-order chi connectivity index (χ1) is 9.95. The van der Waals surface area contributed by atoms with E-state index in [1.54, 1.807) is 19.1 Å². The van der Waals surface area contributed by atoms with E-state index >= 15 is 0 Å². The number of anilines is 1. The Hall–Kier alpha value is -2.60. The molecule has 0 saturated carbocycles. The van der Waals surface area contributed by atoms with E-state index in [9.17, 15) is 14.9 Å². The molecule has 1 N–H and O–H groups in total. The van der Waals surface area contributed by atoms with Crippen molar-refractivity contribution in [1.29, 1.82) is 0 Å². The number of nitro groups is 1. The van der Waals surface area contributed by atoms with Crippen LogP contribution in [-0.4, -0.2) is 10.8 Å². The second-order valence-corrected chi connectivity index (χ2v) is 4.60. The largest absolute Gasteiger partial charge is 0.462 e. The lowest BCUT2D eigenvalue weighted by molar-refractivity contribution is -0.384. The summed E-state index contributed by atoms with van der Waals surface area (Å²) >= 11 is 5.89. The minimum Gasteiger partial charge on any atom is -0.462 e. The van der Waals surface area contributed by atoms with Gasteiger partial charge in [-0.3, -0.25) is 14.9 Å². The van der Waals surface area contributed by atoms with Gasteiger partial charge in [0.05, 0.1) is 15.6 Å². The smallest absolute Gasteiger partial charge is 0.271 e. The molecule has 108 valence electrons. The minimum atomic E-state index is -0.562. The Kier molecular flexibility index (Phi) is 4.39. The molecule has 0 bridgehead atoms. The van der Waals surface area contributed by atoms with Gasteiger partial charge in [-0.25, -0.2) is 0 Å². The molecule has 7 heteroatoms. The summed E-state index contributed by atoms with van der Waals surface area (Å²) in [5.74, 6) is 0.802. The van der Waals surface area contributed by atoms with Crippen molar-refractivity contribution in [2.45, 2.75) is 6.92 Å². The molecule has 6 nitrogen and oxygen atoms in total. The SMILES string of the molecule is Cc1ccc(/C=C\C(=O)Nc2cc([N+](=O)[O-])ccc2Cl)o1. The van der Waals surface area contributed by atoms with Crippen molar-refractivity contribution in [3.63, 3.8) is 0 Å². The number of rotatable bonds is 4. The van der Waals surface area contributed by atoms with Gasteiger partial charge in [-0.15, -0.1) is 0 Å². The maximum Gasteiger partial charge on any atom is 0.271 e. The normalized spacial score (nSPS) is 10.8. The van der Waals surface area contributed by atoms with Crippen LogP contribution in [0.25, 0.3) is 6.08 Å². The lowest BCUT2D eigenvalue weighted by Crippen LogP contribution is -2.08. The Morgan fingerprint density at radius 1 is 1.38 bits per heavy atom. The fourth-order valence-corrected chi connectivity index (χ4v) is 1.76. The van der Waals surface area contributed by atoms with E-state index in [2.05, 4.69) is 5.32 Å². The number of halogens is 1. The summed E-state index contributed by atoms with van der Waals surface area (Å²) in [5.41, 5.74) is 0.0245. The van der Waals surface area contributed by atoms with Gasteiger partial charge in [0.15, 0.2) is 0 Å². The zero-order valence-electron chi connectivity index (χ0n) is 11.0. The average Bonchev–Trinajstić information content (AvgIpc) is 2.84. The van der Waals surface area contributed by atoms with Crippen molar-refractivity contribution >= 4 is 35.0 Å². The maximum absolute atomic E-state index is 11.8. The van der Waals surface area contributed by atoms with Gasteiger partial charge in [0.25, 0.3) is 5.69 Å². The molecule has 0 unspecified atom stereocenters. The Morgan fingerprint density at radius 2 is 2.14 bits per heavy atom. The third-order valence-electron chi connectivity index (χ3n) is 2.58. The molecule has 2 aromatic rings. The number of benzene rings is 1. The van der Waals surface area contributed by atoms with E-state index in [-0.39, 0.29) is 16.4 Å². The van der Waals surface area contributed by atoms with Crippen LogP contribution in [-0.2, 0) is 4.79 Å². The summed E-state index contributed by atoms with van der Waals surface area (Å²) in [5, 5.41) is 13.4. The molecule has 0 aliphatic carbocycles. The van der Waals surface area contributed by atoms with Crippen LogP contribution >= 0.6 is 11.6 Å². The standard InChI is InChI=1S/C14H11ClN2O4/c1-9-2-4-11(21-9)5-7-14(18)16-13-8-10(17(19)20)3-6-12(13)15/h2-8H,1H3,(H,16,18)/b7-5-. The Morgan fingerprint density at radius 3 is 2.76 bits per heavy atom. The molecule has 1 aromatic heterocycles. The number of nitrogens with one attached hydrogen (secondary N) is 1. The Balaban J connectivity index is 2.10. The summed E-state index contributed by atoms with van der Waals surface area (Å²) in [6, 6.07) is 7.31. The second kappa shape index (κ2) is 6.23. The predicted molar refractivity (Wildman–Crippen MR) is 79.2 cm³/mol. The van der Waals surface area contributed by atoms with Crippen LogP contribution in [0, 0.1) is 17.0 Å². The van der Waals surface area contributed by atoms with E-state index in [0.29, 0.717) is 5.76 Å². The van der Waals surface area contributed by atoms with Crippen LogP contribution in [0.15, 0.2) is 40.8 Å². The number of nitrogens with zero attached hydrogens (tertiary/aromatic N) is 1. The molecule has 0 fully saturated rings. The van der Waals surface area contributed by atoms with Crippen LogP contribution in [0.2, 0.25) is 5.02 Å². The molecule has 1 heterocycles. The van der Waals surface area contributed by atoms with Gasteiger partial charge < -0.3 is 9.73 Å². The minimum absolute atomic E-state index is 0.152.